The largest absolute Gasteiger partial charge is 0.463 e. The van der Waals surface area contributed by atoms with Crippen molar-refractivity contribution in [2.75, 3.05) is 13.2 Å². The number of esters is 1. The van der Waals surface area contributed by atoms with Gasteiger partial charge in [-0.25, -0.2) is 4.79 Å². The Morgan fingerprint density at radius 1 is 1.35 bits per heavy atom. The summed E-state index contributed by atoms with van der Waals surface area (Å²) < 4.78 is 14.6. The van der Waals surface area contributed by atoms with Crippen molar-refractivity contribution < 1.29 is 23.8 Å². The molecule has 0 radical (unpaired) electrons. The molecule has 0 aliphatic rings. The summed E-state index contributed by atoms with van der Waals surface area (Å²) in [5.41, 5.74) is 4.26. The van der Waals surface area contributed by atoms with E-state index in [1.807, 2.05) is 6.92 Å². The van der Waals surface area contributed by atoms with Crippen molar-refractivity contribution in [1.82, 2.24) is 0 Å². The number of carbonyl (C=O) groups is 2. The number of hydrogen-bond donors (Lipinski definition) is 1. The zero-order chi connectivity index (χ0) is 16.2. The molecule has 2 N–H and O–H groups in total. The molecular weight excluding hydrogens is 262 g/mol. The highest BCUT2D eigenvalue weighted by Crippen LogP contribution is 2.04. The molecule has 0 aliphatic carbocycles. The van der Waals surface area contributed by atoms with Gasteiger partial charge in [-0.1, -0.05) is 13.0 Å². The van der Waals surface area contributed by atoms with Crippen molar-refractivity contribution in [2.24, 2.45) is 5.73 Å². The number of carbonyl (C=O) groups excluding carboxylic acids is 2. The summed E-state index contributed by atoms with van der Waals surface area (Å²) in [5, 5.41) is 0. The minimum atomic E-state index is -0.725. The van der Waals surface area contributed by atoms with Gasteiger partial charge < -0.3 is 19.9 Å². The van der Waals surface area contributed by atoms with Crippen LogP contribution in [-0.2, 0) is 19.0 Å². The molecule has 0 aromatic rings. The van der Waals surface area contributed by atoms with Crippen LogP contribution in [0.4, 0.5) is 4.79 Å². The predicted molar refractivity (Wildman–Crippen MR) is 77.3 cm³/mol. The van der Waals surface area contributed by atoms with Gasteiger partial charge in [0.2, 0.25) is 0 Å². The molecular formula is C14H27NO5. The van der Waals surface area contributed by atoms with E-state index >= 15 is 0 Å². The van der Waals surface area contributed by atoms with Crippen molar-refractivity contribution in [2.45, 2.75) is 52.7 Å². The maximum absolute atomic E-state index is 10.7. The Bertz CT molecular complexity index is 296. The van der Waals surface area contributed by atoms with Gasteiger partial charge in [0.25, 0.3) is 0 Å². The van der Waals surface area contributed by atoms with Crippen molar-refractivity contribution in [3.05, 3.63) is 12.7 Å². The topological polar surface area (TPSA) is 87.8 Å². The van der Waals surface area contributed by atoms with Gasteiger partial charge in [0, 0.05) is 6.42 Å². The average molecular weight is 289 g/mol. The third-order valence-corrected chi connectivity index (χ3v) is 1.67. The third-order valence-electron chi connectivity index (χ3n) is 1.67. The number of amides is 1. The maximum atomic E-state index is 10.7. The smallest absolute Gasteiger partial charge is 0.405 e. The first-order valence-electron chi connectivity index (χ1n) is 6.49. The maximum Gasteiger partial charge on any atom is 0.405 e. The second-order valence-corrected chi connectivity index (χ2v) is 5.00. The van der Waals surface area contributed by atoms with Crippen molar-refractivity contribution in [3.8, 4) is 0 Å². The Kier molecular flexibility index (Phi) is 11.7. The first-order valence-corrected chi connectivity index (χ1v) is 6.49. The zero-order valence-electron chi connectivity index (χ0n) is 13.1. The lowest BCUT2D eigenvalue weighted by molar-refractivity contribution is -0.146. The van der Waals surface area contributed by atoms with Crippen LogP contribution in [0.1, 0.15) is 41.0 Å². The normalized spacial score (nSPS) is 11.7. The number of ether oxygens (including phenoxy) is 3. The van der Waals surface area contributed by atoms with Crippen molar-refractivity contribution in [1.29, 1.82) is 0 Å². The van der Waals surface area contributed by atoms with Gasteiger partial charge in [-0.3, -0.25) is 4.79 Å². The Hall–Kier alpha value is -1.56. The summed E-state index contributed by atoms with van der Waals surface area (Å²) >= 11 is 0. The lowest BCUT2D eigenvalue weighted by Crippen LogP contribution is -2.27. The van der Waals surface area contributed by atoms with E-state index in [9.17, 15) is 9.59 Å². The fourth-order valence-corrected chi connectivity index (χ4v) is 0.895. The van der Waals surface area contributed by atoms with E-state index in [2.05, 4.69) is 11.3 Å². The van der Waals surface area contributed by atoms with Crippen LogP contribution in [0.2, 0.25) is 0 Å². The minimum absolute atomic E-state index is 0.0569. The van der Waals surface area contributed by atoms with Crippen molar-refractivity contribution in [3.63, 3.8) is 0 Å². The first kappa shape index (κ1) is 20.8. The van der Waals surface area contributed by atoms with E-state index in [0.717, 1.165) is 0 Å². The molecule has 0 aliphatic heterocycles. The molecule has 0 heterocycles. The van der Waals surface area contributed by atoms with Crippen LogP contribution in [0.5, 0.6) is 0 Å². The van der Waals surface area contributed by atoms with Crippen LogP contribution in [0.3, 0.4) is 0 Å². The number of rotatable bonds is 6. The molecule has 0 bridgehead atoms. The van der Waals surface area contributed by atoms with E-state index in [-0.39, 0.29) is 12.1 Å². The average Bonchev–Trinajstić information content (AvgIpc) is 2.30. The fourth-order valence-electron chi connectivity index (χ4n) is 0.895. The lowest BCUT2D eigenvalue weighted by atomic mass is 10.2. The molecule has 0 fully saturated rings. The summed E-state index contributed by atoms with van der Waals surface area (Å²) in [6.07, 6.45) is 1.29. The van der Waals surface area contributed by atoms with E-state index in [4.69, 9.17) is 15.2 Å². The van der Waals surface area contributed by atoms with Gasteiger partial charge >= 0.3 is 12.1 Å². The second kappa shape index (κ2) is 11.3. The number of nitrogens with two attached hydrogens (primary N) is 1. The van der Waals surface area contributed by atoms with Crippen molar-refractivity contribution >= 4 is 12.1 Å². The van der Waals surface area contributed by atoms with Crippen LogP contribution in [0.25, 0.3) is 0 Å². The quantitative estimate of drug-likeness (QED) is 0.599. The van der Waals surface area contributed by atoms with Gasteiger partial charge in [-0.15, -0.1) is 6.58 Å². The number of hydrogen-bond acceptors (Lipinski definition) is 5. The Balaban J connectivity index is 0. The van der Waals surface area contributed by atoms with Crippen LogP contribution in [-0.4, -0.2) is 37.0 Å². The highest BCUT2D eigenvalue weighted by atomic mass is 16.6. The second-order valence-electron chi connectivity index (χ2n) is 5.00. The zero-order valence-corrected chi connectivity index (χ0v) is 13.1. The fraction of sp³-hybridized carbons (Fsp3) is 0.714. The summed E-state index contributed by atoms with van der Waals surface area (Å²) in [4.78, 5) is 20.7. The van der Waals surface area contributed by atoms with E-state index in [0.29, 0.717) is 19.6 Å². The van der Waals surface area contributed by atoms with Gasteiger partial charge in [-0.05, 0) is 27.7 Å². The molecule has 118 valence electrons. The Morgan fingerprint density at radius 3 is 2.20 bits per heavy atom. The molecule has 0 aromatic carbocycles. The standard InChI is InChI=1S/C9H16O3.C5H11NO2/c1-4-6-11-8(3)7-12-9(10)5-2;1-5(2,3)8-4(6)7/h4,8H,1,5-7H2,2-3H3;1-3H3,(H2,6,7). The molecule has 0 rings (SSSR count). The molecule has 20 heavy (non-hydrogen) atoms. The monoisotopic (exact) mass is 289 g/mol. The molecule has 0 spiro atoms. The summed E-state index contributed by atoms with van der Waals surface area (Å²) in [5.74, 6) is -0.191. The lowest BCUT2D eigenvalue weighted by Gasteiger charge is -2.16. The number of primary amides is 1. The minimum Gasteiger partial charge on any atom is -0.463 e. The molecule has 0 saturated carbocycles. The van der Waals surface area contributed by atoms with E-state index < -0.39 is 11.7 Å². The van der Waals surface area contributed by atoms with E-state index in [1.54, 1.807) is 33.8 Å². The molecule has 1 atom stereocenters. The molecule has 1 unspecified atom stereocenters. The summed E-state index contributed by atoms with van der Waals surface area (Å²) in [6.45, 7) is 13.2. The first-order chi connectivity index (χ1) is 9.12. The molecule has 0 aromatic heterocycles. The molecule has 1 amide bonds. The van der Waals surface area contributed by atoms with Crippen LogP contribution in [0.15, 0.2) is 12.7 Å². The van der Waals surface area contributed by atoms with Gasteiger partial charge in [-0.2, -0.15) is 0 Å². The van der Waals surface area contributed by atoms with Crippen LogP contribution >= 0.6 is 0 Å². The molecule has 6 heteroatoms. The molecule has 0 saturated heterocycles. The van der Waals surface area contributed by atoms with Crippen LogP contribution < -0.4 is 5.73 Å². The highest BCUT2D eigenvalue weighted by molar-refractivity contribution is 5.68. The summed E-state index contributed by atoms with van der Waals surface area (Å²) in [7, 11) is 0. The van der Waals surface area contributed by atoms with Gasteiger partial charge in [0.1, 0.15) is 12.2 Å². The van der Waals surface area contributed by atoms with Gasteiger partial charge in [0.15, 0.2) is 0 Å². The Morgan fingerprint density at radius 2 is 1.90 bits per heavy atom. The van der Waals surface area contributed by atoms with Gasteiger partial charge in [0.05, 0.1) is 12.7 Å². The highest BCUT2D eigenvalue weighted by Gasteiger charge is 2.12. The predicted octanol–water partition coefficient (Wildman–Crippen LogP) is 2.41. The van der Waals surface area contributed by atoms with E-state index in [1.165, 1.54) is 0 Å². The SMILES string of the molecule is C=CCOC(C)COC(=O)CC.CC(C)(C)OC(N)=O. The Labute approximate surface area is 121 Å². The summed E-state index contributed by atoms with van der Waals surface area (Å²) in [6, 6.07) is 0. The third kappa shape index (κ3) is 18.8. The van der Waals surface area contributed by atoms with Crippen LogP contribution in [0, 0.1) is 0 Å². The molecule has 6 nitrogen and oxygen atoms in total.